The fourth-order valence-electron chi connectivity index (χ4n) is 9.41. The van der Waals surface area contributed by atoms with Gasteiger partial charge in [0.1, 0.15) is 12.2 Å². The number of methoxy groups -OCH3 is 2. The lowest BCUT2D eigenvalue weighted by molar-refractivity contribution is 0.218. The van der Waals surface area contributed by atoms with Gasteiger partial charge in [-0.1, -0.05) is 170 Å². The van der Waals surface area contributed by atoms with Crippen molar-refractivity contribution in [3.63, 3.8) is 0 Å². The SMILES string of the molecule is COc1cc2c(cc1OC)Cc1ccccc1C(O)c1ccccc1Cc1ccccc1Cc1ccccc1Cc1ccccc1Cc1ccccc1C(O)c1ccccc1C2. The Morgan fingerprint density at radius 1 is 0.290 bits per heavy atom. The highest BCUT2D eigenvalue weighted by Crippen LogP contribution is 2.38. The fraction of sp³-hybridized carbons (Fsp3) is 0.172. The van der Waals surface area contributed by atoms with Crippen LogP contribution in [-0.4, -0.2) is 24.4 Å². The molecule has 0 saturated carbocycles. The van der Waals surface area contributed by atoms with E-state index in [1.54, 1.807) is 14.2 Å². The van der Waals surface area contributed by atoms with Crippen molar-refractivity contribution in [3.05, 3.63) is 271 Å². The van der Waals surface area contributed by atoms with E-state index in [2.05, 4.69) is 133 Å². The normalized spacial score (nSPS) is 15.4. The molecule has 308 valence electrons. The van der Waals surface area contributed by atoms with Gasteiger partial charge in [-0.15, -0.1) is 0 Å². The second-order valence-corrected chi connectivity index (χ2v) is 16.4. The molecule has 4 nitrogen and oxygen atoms in total. The van der Waals surface area contributed by atoms with Crippen molar-refractivity contribution in [2.24, 2.45) is 0 Å². The summed E-state index contributed by atoms with van der Waals surface area (Å²) in [7, 11) is 3.33. The zero-order valence-corrected chi connectivity index (χ0v) is 35.4. The Morgan fingerprint density at radius 2 is 0.484 bits per heavy atom. The van der Waals surface area contributed by atoms with E-state index in [1.807, 2.05) is 48.5 Å². The molecule has 0 fully saturated rings. The van der Waals surface area contributed by atoms with E-state index in [1.165, 1.54) is 33.4 Å². The van der Waals surface area contributed by atoms with Crippen molar-refractivity contribution in [2.75, 3.05) is 14.2 Å². The Morgan fingerprint density at radius 3 is 0.726 bits per heavy atom. The average molecular weight is 813 g/mol. The molecule has 0 amide bonds. The van der Waals surface area contributed by atoms with Crippen molar-refractivity contribution in [1.82, 2.24) is 0 Å². The van der Waals surface area contributed by atoms with E-state index in [0.29, 0.717) is 37.2 Å². The monoisotopic (exact) mass is 812 g/mol. The smallest absolute Gasteiger partial charge is 0.161 e. The standard InChI is InChI=1S/C58H52O4/c1-61-55-37-49-35-47-25-11-15-29-53(47)57(59)51-27-13-9-23-45(51)33-43-21-7-5-19-41(43)31-39-17-3-4-18-40(39)32-42-20-6-8-22-44(42)34-46-24-10-14-28-52(46)58(60)54-30-16-12-26-48(54)36-50(49)38-56(55)62-2/h3-30,37-38,57-60H,31-36H2,1-2H3. The lowest BCUT2D eigenvalue weighted by Crippen LogP contribution is -2.10. The molecule has 0 bridgehead atoms. The molecule has 4 heteroatoms. The van der Waals surface area contributed by atoms with Crippen LogP contribution in [0.25, 0.3) is 0 Å². The highest BCUT2D eigenvalue weighted by atomic mass is 16.5. The number of hydrogen-bond acceptors (Lipinski definition) is 4. The molecule has 1 aliphatic carbocycles. The average Bonchev–Trinajstić information content (AvgIpc) is 3.31. The molecule has 1 aliphatic rings. The maximum Gasteiger partial charge on any atom is 0.161 e. The minimum atomic E-state index is -0.847. The Balaban J connectivity index is 1.21. The predicted octanol–water partition coefficient (Wildman–Crippen LogP) is 11.7. The number of aliphatic hydroxyl groups excluding tert-OH is 2. The van der Waals surface area contributed by atoms with Gasteiger partial charge in [-0.3, -0.25) is 0 Å². The van der Waals surface area contributed by atoms with Crippen molar-refractivity contribution >= 4 is 0 Å². The first-order chi connectivity index (χ1) is 30.5. The van der Waals surface area contributed by atoms with Crippen LogP contribution in [0.4, 0.5) is 0 Å². The van der Waals surface area contributed by atoms with Crippen LogP contribution in [0.1, 0.15) is 101 Å². The molecule has 0 heterocycles. The molecule has 2 atom stereocenters. The van der Waals surface area contributed by atoms with E-state index in [4.69, 9.17) is 9.47 Å². The highest BCUT2D eigenvalue weighted by Gasteiger charge is 2.23. The topological polar surface area (TPSA) is 58.9 Å². The number of rotatable bonds is 2. The summed E-state index contributed by atoms with van der Waals surface area (Å²) in [4.78, 5) is 0. The van der Waals surface area contributed by atoms with Gasteiger partial charge in [-0.2, -0.15) is 0 Å². The van der Waals surface area contributed by atoms with Crippen LogP contribution in [0.5, 0.6) is 11.5 Å². The van der Waals surface area contributed by atoms with Crippen LogP contribution in [0.2, 0.25) is 0 Å². The molecule has 8 aromatic rings. The molecular weight excluding hydrogens is 761 g/mol. The summed E-state index contributed by atoms with van der Waals surface area (Å²) in [5, 5.41) is 24.9. The summed E-state index contributed by atoms with van der Waals surface area (Å²) in [6.45, 7) is 0. The van der Waals surface area contributed by atoms with Crippen molar-refractivity contribution in [1.29, 1.82) is 0 Å². The van der Waals surface area contributed by atoms with Gasteiger partial charge >= 0.3 is 0 Å². The third-order valence-corrected chi connectivity index (χ3v) is 12.7. The van der Waals surface area contributed by atoms with Gasteiger partial charge in [-0.25, -0.2) is 0 Å². The second-order valence-electron chi connectivity index (χ2n) is 16.4. The van der Waals surface area contributed by atoms with Crippen LogP contribution in [-0.2, 0) is 38.5 Å². The lowest BCUT2D eigenvalue weighted by atomic mass is 9.85. The van der Waals surface area contributed by atoms with Crippen molar-refractivity contribution < 1.29 is 19.7 Å². The Labute approximate surface area is 365 Å². The molecule has 2 N–H and O–H groups in total. The van der Waals surface area contributed by atoms with Gasteiger partial charge in [0.05, 0.1) is 14.2 Å². The number of benzene rings is 8. The third kappa shape index (κ3) is 8.58. The predicted molar refractivity (Wildman–Crippen MR) is 250 cm³/mol. The van der Waals surface area contributed by atoms with Crippen LogP contribution < -0.4 is 9.47 Å². The van der Waals surface area contributed by atoms with E-state index in [0.717, 1.165) is 68.5 Å². The lowest BCUT2D eigenvalue weighted by Gasteiger charge is -2.23. The molecule has 0 aliphatic heterocycles. The third-order valence-electron chi connectivity index (χ3n) is 12.7. The van der Waals surface area contributed by atoms with E-state index in [9.17, 15) is 10.2 Å². The van der Waals surface area contributed by atoms with E-state index < -0.39 is 12.2 Å². The van der Waals surface area contributed by atoms with Gasteiger partial charge in [0.2, 0.25) is 0 Å². The molecule has 0 aromatic heterocycles. The highest BCUT2D eigenvalue weighted by molar-refractivity contribution is 5.53. The van der Waals surface area contributed by atoms with Crippen LogP contribution >= 0.6 is 0 Å². The maximum atomic E-state index is 12.4. The molecule has 2 unspecified atom stereocenters. The summed E-state index contributed by atoms with van der Waals surface area (Å²) in [6, 6.07) is 63.5. The second kappa shape index (κ2) is 18.5. The number of aliphatic hydroxyl groups is 2. The van der Waals surface area contributed by atoms with Crippen molar-refractivity contribution in [2.45, 2.75) is 50.7 Å². The van der Waals surface area contributed by atoms with Crippen LogP contribution in [0.3, 0.4) is 0 Å². The maximum absolute atomic E-state index is 12.4. The number of fused-ring (bicyclic) bond motifs is 8. The van der Waals surface area contributed by atoms with Gasteiger partial charge in [0, 0.05) is 0 Å². The van der Waals surface area contributed by atoms with Gasteiger partial charge in [0.15, 0.2) is 11.5 Å². The summed E-state index contributed by atoms with van der Waals surface area (Å²) < 4.78 is 11.7. The summed E-state index contributed by atoms with van der Waals surface area (Å²) in [5.41, 5.74) is 17.5. The Hall–Kier alpha value is -6.72. The van der Waals surface area contributed by atoms with Crippen molar-refractivity contribution in [3.8, 4) is 11.5 Å². The first-order valence-corrected chi connectivity index (χ1v) is 21.6. The number of ether oxygens (including phenoxy) is 2. The molecule has 9 rings (SSSR count). The van der Waals surface area contributed by atoms with Crippen LogP contribution in [0, 0.1) is 0 Å². The zero-order valence-electron chi connectivity index (χ0n) is 35.4. The first kappa shape index (κ1) is 40.7. The zero-order chi connectivity index (χ0) is 42.4. The Kier molecular flexibility index (Phi) is 12.1. The minimum Gasteiger partial charge on any atom is -0.493 e. The van der Waals surface area contributed by atoms with Gasteiger partial charge in [0.25, 0.3) is 0 Å². The van der Waals surface area contributed by atoms with Gasteiger partial charge in [-0.05, 0) is 140 Å². The molecule has 0 saturated heterocycles. The molecule has 0 radical (unpaired) electrons. The molecular formula is C58H52O4. The number of hydrogen-bond donors (Lipinski definition) is 2. The largest absolute Gasteiger partial charge is 0.493 e. The summed E-state index contributed by atoms with van der Waals surface area (Å²) in [5.74, 6) is 1.29. The molecule has 62 heavy (non-hydrogen) atoms. The van der Waals surface area contributed by atoms with Crippen LogP contribution in [0.15, 0.2) is 182 Å². The van der Waals surface area contributed by atoms with Gasteiger partial charge < -0.3 is 19.7 Å². The summed E-state index contributed by atoms with van der Waals surface area (Å²) in [6.07, 6.45) is 2.40. The minimum absolute atomic E-state index is 0.556. The molecule has 8 aromatic carbocycles. The Bertz CT molecular complexity index is 2650. The first-order valence-electron chi connectivity index (χ1n) is 21.6. The molecule has 0 spiro atoms. The fourth-order valence-corrected chi connectivity index (χ4v) is 9.41. The quantitative estimate of drug-likeness (QED) is 0.183. The van der Waals surface area contributed by atoms with E-state index >= 15 is 0 Å². The summed E-state index contributed by atoms with van der Waals surface area (Å²) >= 11 is 0. The van der Waals surface area contributed by atoms with E-state index in [-0.39, 0.29) is 0 Å².